The summed E-state index contributed by atoms with van der Waals surface area (Å²) in [6.07, 6.45) is 8.17. The van der Waals surface area contributed by atoms with E-state index < -0.39 is 0 Å². The van der Waals surface area contributed by atoms with Crippen LogP contribution >= 0.6 is 0 Å². The Morgan fingerprint density at radius 3 is 3.17 bits per heavy atom. The Morgan fingerprint density at radius 2 is 2.33 bits per heavy atom. The first-order chi connectivity index (χ1) is 5.90. The van der Waals surface area contributed by atoms with Gasteiger partial charge in [0.05, 0.1) is 6.20 Å². The molecule has 0 saturated heterocycles. The highest BCUT2D eigenvalue weighted by Crippen LogP contribution is 2.01. The number of fused-ring (bicyclic) bond motifs is 1. The number of imidazole rings is 1. The van der Waals surface area contributed by atoms with Crippen molar-refractivity contribution in [1.82, 2.24) is 14.4 Å². The van der Waals surface area contributed by atoms with Crippen molar-refractivity contribution < 1.29 is 0 Å². The van der Waals surface area contributed by atoms with Gasteiger partial charge >= 0.3 is 0 Å². The Balaban J connectivity index is 2.46. The molecule has 2 rings (SSSR count). The smallest absolute Gasteiger partial charge is 0.156 e. The molecule has 0 fully saturated rings. The molecule has 0 amide bonds. The summed E-state index contributed by atoms with van der Waals surface area (Å²) in [5, 5.41) is 0. The van der Waals surface area contributed by atoms with Crippen LogP contribution in [0.5, 0.6) is 0 Å². The highest BCUT2D eigenvalue weighted by molar-refractivity contribution is 5.35. The van der Waals surface area contributed by atoms with E-state index in [1.54, 1.807) is 12.5 Å². The molecule has 0 saturated carbocycles. The van der Waals surface area contributed by atoms with Crippen LogP contribution in [-0.2, 0) is 6.42 Å². The van der Waals surface area contributed by atoms with Gasteiger partial charge in [0, 0.05) is 12.4 Å². The van der Waals surface area contributed by atoms with Crippen molar-refractivity contribution in [2.24, 2.45) is 5.73 Å². The van der Waals surface area contributed by atoms with Crippen LogP contribution in [0.3, 0.4) is 0 Å². The third-order valence-corrected chi connectivity index (χ3v) is 1.75. The zero-order chi connectivity index (χ0) is 8.39. The summed E-state index contributed by atoms with van der Waals surface area (Å²) < 4.78 is 1.89. The van der Waals surface area contributed by atoms with Crippen molar-refractivity contribution in [3.63, 3.8) is 0 Å². The van der Waals surface area contributed by atoms with Crippen LogP contribution in [0.4, 0.5) is 0 Å². The summed E-state index contributed by atoms with van der Waals surface area (Å²) in [5.41, 5.74) is 7.44. The maximum Gasteiger partial charge on any atom is 0.156 e. The van der Waals surface area contributed by atoms with Crippen LogP contribution in [0.2, 0.25) is 0 Å². The molecule has 0 aromatic carbocycles. The molecule has 62 valence electrons. The fourth-order valence-electron chi connectivity index (χ4n) is 1.15. The van der Waals surface area contributed by atoms with Gasteiger partial charge in [0.2, 0.25) is 0 Å². The van der Waals surface area contributed by atoms with Crippen molar-refractivity contribution in [2.75, 3.05) is 6.54 Å². The Morgan fingerprint density at radius 1 is 1.42 bits per heavy atom. The van der Waals surface area contributed by atoms with Gasteiger partial charge in [0.15, 0.2) is 5.65 Å². The minimum absolute atomic E-state index is 0.655. The van der Waals surface area contributed by atoms with Gasteiger partial charge in [-0.25, -0.2) is 9.97 Å². The highest BCUT2D eigenvalue weighted by Gasteiger charge is 1.95. The normalized spacial score (nSPS) is 10.8. The zero-order valence-corrected chi connectivity index (χ0v) is 6.64. The van der Waals surface area contributed by atoms with Crippen LogP contribution in [0.1, 0.15) is 5.56 Å². The second-order valence-corrected chi connectivity index (χ2v) is 2.66. The fraction of sp³-hybridized carbons (Fsp3) is 0.250. The van der Waals surface area contributed by atoms with E-state index in [1.165, 1.54) is 0 Å². The number of hydrogen-bond acceptors (Lipinski definition) is 3. The molecule has 0 aliphatic heterocycles. The van der Waals surface area contributed by atoms with Gasteiger partial charge in [-0.05, 0) is 18.5 Å². The van der Waals surface area contributed by atoms with Crippen LogP contribution in [0, 0.1) is 0 Å². The van der Waals surface area contributed by atoms with Crippen LogP contribution in [-0.4, -0.2) is 20.9 Å². The largest absolute Gasteiger partial charge is 0.330 e. The average Bonchev–Trinajstić information content (AvgIpc) is 2.51. The second kappa shape index (κ2) is 2.91. The number of nitrogens with two attached hydrogens (primary N) is 1. The van der Waals surface area contributed by atoms with Gasteiger partial charge in [-0.3, -0.25) is 4.40 Å². The van der Waals surface area contributed by atoms with Crippen LogP contribution in [0.15, 0.2) is 24.9 Å². The van der Waals surface area contributed by atoms with Crippen LogP contribution < -0.4 is 5.73 Å². The molecule has 2 aromatic heterocycles. The third-order valence-electron chi connectivity index (χ3n) is 1.75. The zero-order valence-electron chi connectivity index (χ0n) is 6.64. The van der Waals surface area contributed by atoms with Crippen LogP contribution in [0.25, 0.3) is 5.65 Å². The molecule has 2 N–H and O–H groups in total. The first-order valence-corrected chi connectivity index (χ1v) is 3.87. The standard InChI is InChI=1S/C8H10N4/c9-2-1-7-3-11-8-4-10-6-12(8)5-7/h3-6H,1-2,9H2. The van der Waals surface area contributed by atoms with Gasteiger partial charge in [0.1, 0.15) is 6.33 Å². The topological polar surface area (TPSA) is 56.2 Å². The Hall–Kier alpha value is -1.42. The minimum Gasteiger partial charge on any atom is -0.330 e. The quantitative estimate of drug-likeness (QED) is 0.687. The number of aromatic nitrogens is 3. The van der Waals surface area contributed by atoms with Gasteiger partial charge in [-0.2, -0.15) is 0 Å². The SMILES string of the molecule is NCCc1cnc2cncn2c1. The summed E-state index contributed by atoms with van der Waals surface area (Å²) >= 11 is 0. The second-order valence-electron chi connectivity index (χ2n) is 2.66. The van der Waals surface area contributed by atoms with E-state index in [2.05, 4.69) is 9.97 Å². The first-order valence-electron chi connectivity index (χ1n) is 3.87. The Bertz CT molecular complexity index is 379. The lowest BCUT2D eigenvalue weighted by Crippen LogP contribution is -2.03. The molecular weight excluding hydrogens is 152 g/mol. The molecular formula is C8H10N4. The maximum atomic E-state index is 5.43. The number of nitrogens with zero attached hydrogens (tertiary/aromatic N) is 3. The summed E-state index contributed by atoms with van der Waals surface area (Å²) in [7, 11) is 0. The molecule has 2 heterocycles. The molecule has 0 spiro atoms. The van der Waals surface area contributed by atoms with E-state index >= 15 is 0 Å². The Labute approximate surface area is 70.1 Å². The minimum atomic E-state index is 0.655. The van der Waals surface area contributed by atoms with E-state index in [0.717, 1.165) is 17.6 Å². The van der Waals surface area contributed by atoms with E-state index in [-0.39, 0.29) is 0 Å². The fourth-order valence-corrected chi connectivity index (χ4v) is 1.15. The van der Waals surface area contributed by atoms with Crippen molar-refractivity contribution in [3.05, 3.63) is 30.5 Å². The van der Waals surface area contributed by atoms with Crippen molar-refractivity contribution in [1.29, 1.82) is 0 Å². The molecule has 0 aliphatic carbocycles. The number of rotatable bonds is 2. The molecule has 0 unspecified atom stereocenters. The monoisotopic (exact) mass is 162 g/mol. The van der Waals surface area contributed by atoms with Gasteiger partial charge in [-0.1, -0.05) is 0 Å². The van der Waals surface area contributed by atoms with Crippen molar-refractivity contribution in [3.8, 4) is 0 Å². The summed E-state index contributed by atoms with van der Waals surface area (Å²) in [4.78, 5) is 8.18. The Kier molecular flexibility index (Phi) is 1.75. The highest BCUT2D eigenvalue weighted by atomic mass is 15.0. The predicted molar refractivity (Wildman–Crippen MR) is 45.7 cm³/mol. The van der Waals surface area contributed by atoms with Crippen molar-refractivity contribution >= 4 is 5.65 Å². The summed E-state index contributed by atoms with van der Waals surface area (Å²) in [5.74, 6) is 0. The van der Waals surface area contributed by atoms with E-state index in [9.17, 15) is 0 Å². The molecule has 0 aliphatic rings. The molecule has 0 atom stereocenters. The van der Waals surface area contributed by atoms with Crippen molar-refractivity contribution in [2.45, 2.75) is 6.42 Å². The lowest BCUT2D eigenvalue weighted by Gasteiger charge is -1.98. The maximum absolute atomic E-state index is 5.43. The van der Waals surface area contributed by atoms with E-state index in [4.69, 9.17) is 5.73 Å². The molecule has 2 aromatic rings. The molecule has 12 heavy (non-hydrogen) atoms. The lowest BCUT2D eigenvalue weighted by molar-refractivity contribution is 0.935. The summed E-state index contributed by atoms with van der Waals surface area (Å²) in [6, 6.07) is 0. The summed E-state index contributed by atoms with van der Waals surface area (Å²) in [6.45, 7) is 0.655. The van der Waals surface area contributed by atoms with Gasteiger partial charge < -0.3 is 5.73 Å². The average molecular weight is 162 g/mol. The third kappa shape index (κ3) is 1.16. The lowest BCUT2D eigenvalue weighted by atomic mass is 10.2. The predicted octanol–water partition coefficient (Wildman–Crippen LogP) is 0.230. The molecule has 4 nitrogen and oxygen atoms in total. The number of hydrogen-bond donors (Lipinski definition) is 1. The van der Waals surface area contributed by atoms with E-state index in [1.807, 2.05) is 16.8 Å². The first kappa shape index (κ1) is 7.24. The van der Waals surface area contributed by atoms with Gasteiger partial charge in [-0.15, -0.1) is 0 Å². The van der Waals surface area contributed by atoms with Gasteiger partial charge in [0.25, 0.3) is 0 Å². The molecule has 0 radical (unpaired) electrons. The molecule has 4 heteroatoms. The van der Waals surface area contributed by atoms with E-state index in [0.29, 0.717) is 6.54 Å². The molecule has 0 bridgehead atoms.